The molecule has 0 radical (unpaired) electrons. The van der Waals surface area contributed by atoms with Crippen molar-refractivity contribution in [3.63, 3.8) is 0 Å². The van der Waals surface area contributed by atoms with Crippen LogP contribution < -0.4 is 9.47 Å². The van der Waals surface area contributed by atoms with Gasteiger partial charge in [0.1, 0.15) is 0 Å². The summed E-state index contributed by atoms with van der Waals surface area (Å²) < 4.78 is 10.4. The molecule has 0 aliphatic heterocycles. The zero-order valence-corrected chi connectivity index (χ0v) is 12.8. The summed E-state index contributed by atoms with van der Waals surface area (Å²) in [5, 5.41) is 0.282. The van der Waals surface area contributed by atoms with Crippen LogP contribution >= 0.6 is 11.6 Å². The van der Waals surface area contributed by atoms with Crippen molar-refractivity contribution in [1.29, 1.82) is 0 Å². The molecule has 1 aromatic rings. The minimum absolute atomic E-state index is 0.0102. The van der Waals surface area contributed by atoms with Crippen LogP contribution in [0.15, 0.2) is 18.2 Å². The highest BCUT2D eigenvalue weighted by Gasteiger charge is 2.29. The van der Waals surface area contributed by atoms with E-state index in [2.05, 4.69) is 0 Å². The number of nitrogens with zero attached hydrogens (tertiary/aromatic N) is 1. The van der Waals surface area contributed by atoms with Crippen molar-refractivity contribution in [1.82, 2.24) is 4.90 Å². The Labute approximate surface area is 124 Å². The molecular formula is C15H20ClNO3. The topological polar surface area (TPSA) is 38.8 Å². The van der Waals surface area contributed by atoms with E-state index < -0.39 is 0 Å². The lowest BCUT2D eigenvalue weighted by molar-refractivity contribution is 0.0746. The molecule has 110 valence electrons. The van der Waals surface area contributed by atoms with Crippen LogP contribution in [0, 0.1) is 5.92 Å². The van der Waals surface area contributed by atoms with Gasteiger partial charge in [-0.1, -0.05) is 0 Å². The van der Waals surface area contributed by atoms with Gasteiger partial charge in [-0.05, 0) is 37.0 Å². The summed E-state index contributed by atoms with van der Waals surface area (Å²) in [6.45, 7) is 0.746. The number of hydrogen-bond donors (Lipinski definition) is 0. The van der Waals surface area contributed by atoms with Crippen LogP contribution in [-0.4, -0.2) is 44.0 Å². The van der Waals surface area contributed by atoms with Crippen LogP contribution in [0.25, 0.3) is 0 Å². The fourth-order valence-corrected chi connectivity index (χ4v) is 2.97. The maximum atomic E-state index is 12.4. The number of carbonyl (C=O) groups is 1. The molecule has 0 atom stereocenters. The average molecular weight is 298 g/mol. The summed E-state index contributed by atoms with van der Waals surface area (Å²) in [4.78, 5) is 14.1. The number of rotatable bonds is 5. The third-order valence-corrected chi connectivity index (χ3v) is 4.04. The van der Waals surface area contributed by atoms with E-state index in [9.17, 15) is 4.79 Å². The van der Waals surface area contributed by atoms with Crippen LogP contribution in [-0.2, 0) is 0 Å². The van der Waals surface area contributed by atoms with E-state index in [1.165, 1.54) is 0 Å². The van der Waals surface area contributed by atoms with Gasteiger partial charge in [0.2, 0.25) is 0 Å². The highest BCUT2D eigenvalue weighted by Crippen LogP contribution is 2.33. The summed E-state index contributed by atoms with van der Waals surface area (Å²) in [5.74, 6) is 1.70. The van der Waals surface area contributed by atoms with E-state index in [0.29, 0.717) is 23.0 Å². The van der Waals surface area contributed by atoms with Crippen molar-refractivity contribution in [2.24, 2.45) is 5.92 Å². The minimum atomic E-state index is -0.0102. The number of benzene rings is 1. The van der Waals surface area contributed by atoms with Gasteiger partial charge >= 0.3 is 0 Å². The maximum Gasteiger partial charge on any atom is 0.253 e. The van der Waals surface area contributed by atoms with E-state index >= 15 is 0 Å². The lowest BCUT2D eigenvalue weighted by atomic mass is 9.84. The molecule has 0 heterocycles. The summed E-state index contributed by atoms with van der Waals surface area (Å²) >= 11 is 5.96. The summed E-state index contributed by atoms with van der Waals surface area (Å²) in [5.41, 5.74) is 0.604. The Morgan fingerprint density at radius 2 is 1.95 bits per heavy atom. The van der Waals surface area contributed by atoms with E-state index in [4.69, 9.17) is 21.1 Å². The van der Waals surface area contributed by atoms with Gasteiger partial charge in [0.25, 0.3) is 5.91 Å². The van der Waals surface area contributed by atoms with Gasteiger partial charge < -0.3 is 14.4 Å². The van der Waals surface area contributed by atoms with E-state index in [-0.39, 0.29) is 11.3 Å². The zero-order chi connectivity index (χ0) is 14.7. The molecular weight excluding hydrogens is 278 g/mol. The monoisotopic (exact) mass is 297 g/mol. The van der Waals surface area contributed by atoms with E-state index in [1.807, 2.05) is 7.05 Å². The molecule has 2 rings (SSSR count). The van der Waals surface area contributed by atoms with Gasteiger partial charge in [-0.15, -0.1) is 11.6 Å². The first kappa shape index (κ1) is 15.0. The molecule has 1 aliphatic carbocycles. The number of methoxy groups -OCH3 is 2. The summed E-state index contributed by atoms with van der Waals surface area (Å²) in [6.07, 6.45) is 1.98. The molecule has 0 N–H and O–H groups in total. The normalized spacial score (nSPS) is 21.0. The number of carbonyl (C=O) groups excluding carboxylic acids is 1. The van der Waals surface area contributed by atoms with Gasteiger partial charge in [0.15, 0.2) is 11.5 Å². The quantitative estimate of drug-likeness (QED) is 0.785. The lowest BCUT2D eigenvalue weighted by Crippen LogP contribution is -2.37. The Bertz CT molecular complexity index is 486. The van der Waals surface area contributed by atoms with Gasteiger partial charge in [-0.2, -0.15) is 0 Å². The molecule has 0 bridgehead atoms. The number of amides is 1. The van der Waals surface area contributed by atoms with Crippen LogP contribution in [0.1, 0.15) is 23.2 Å². The SMILES string of the molecule is COc1ccc(C(=O)N(C)CC2CC(Cl)C2)cc1OC. The second-order valence-electron chi connectivity index (χ2n) is 5.19. The van der Waals surface area contributed by atoms with Crippen LogP contribution in [0.4, 0.5) is 0 Å². The standard InChI is InChI=1S/C15H20ClNO3/c1-17(9-10-6-12(16)7-10)15(18)11-4-5-13(19-2)14(8-11)20-3/h4-5,8,10,12H,6-7,9H2,1-3H3. The third kappa shape index (κ3) is 3.18. The fourth-order valence-electron chi connectivity index (χ4n) is 2.46. The number of ether oxygens (including phenoxy) is 2. The number of alkyl halides is 1. The van der Waals surface area contributed by atoms with Crippen molar-refractivity contribution >= 4 is 17.5 Å². The molecule has 4 nitrogen and oxygen atoms in total. The van der Waals surface area contributed by atoms with Crippen LogP contribution in [0.3, 0.4) is 0 Å². The number of halogens is 1. The van der Waals surface area contributed by atoms with Crippen molar-refractivity contribution in [3.8, 4) is 11.5 Å². The van der Waals surface area contributed by atoms with Crippen molar-refractivity contribution < 1.29 is 14.3 Å². The molecule has 1 amide bonds. The number of hydrogen-bond acceptors (Lipinski definition) is 3. The van der Waals surface area contributed by atoms with Gasteiger partial charge in [0.05, 0.1) is 14.2 Å². The molecule has 1 fully saturated rings. The molecule has 0 unspecified atom stereocenters. The van der Waals surface area contributed by atoms with Gasteiger partial charge in [-0.3, -0.25) is 4.79 Å². The Hall–Kier alpha value is -1.42. The molecule has 1 aliphatic rings. The van der Waals surface area contributed by atoms with Gasteiger partial charge in [0, 0.05) is 24.5 Å². The Kier molecular flexibility index (Phi) is 4.76. The highest BCUT2D eigenvalue weighted by atomic mass is 35.5. The predicted octanol–water partition coefficient (Wildman–Crippen LogP) is 2.79. The minimum Gasteiger partial charge on any atom is -0.493 e. The second-order valence-corrected chi connectivity index (χ2v) is 5.81. The van der Waals surface area contributed by atoms with Crippen molar-refractivity contribution in [3.05, 3.63) is 23.8 Å². The largest absolute Gasteiger partial charge is 0.493 e. The molecule has 1 aromatic carbocycles. The third-order valence-electron chi connectivity index (χ3n) is 3.69. The maximum absolute atomic E-state index is 12.4. The Morgan fingerprint density at radius 1 is 1.30 bits per heavy atom. The summed E-state index contributed by atoms with van der Waals surface area (Å²) in [6, 6.07) is 5.21. The molecule has 20 heavy (non-hydrogen) atoms. The Balaban J connectivity index is 2.04. The van der Waals surface area contributed by atoms with Crippen molar-refractivity contribution in [2.45, 2.75) is 18.2 Å². The first-order valence-corrected chi connectivity index (χ1v) is 7.10. The Morgan fingerprint density at radius 3 is 2.50 bits per heavy atom. The molecule has 0 aromatic heterocycles. The molecule has 1 saturated carbocycles. The molecule has 0 spiro atoms. The van der Waals surface area contributed by atoms with E-state index in [1.54, 1.807) is 37.3 Å². The first-order valence-electron chi connectivity index (χ1n) is 6.66. The fraction of sp³-hybridized carbons (Fsp3) is 0.533. The highest BCUT2D eigenvalue weighted by molar-refractivity contribution is 6.21. The average Bonchev–Trinajstić information content (AvgIpc) is 2.43. The van der Waals surface area contributed by atoms with Crippen molar-refractivity contribution in [2.75, 3.05) is 27.8 Å². The predicted molar refractivity (Wildman–Crippen MR) is 78.9 cm³/mol. The van der Waals surface area contributed by atoms with Gasteiger partial charge in [-0.25, -0.2) is 0 Å². The lowest BCUT2D eigenvalue weighted by Gasteiger charge is -2.34. The first-order chi connectivity index (χ1) is 9.55. The molecule has 0 saturated heterocycles. The smallest absolute Gasteiger partial charge is 0.253 e. The van der Waals surface area contributed by atoms with Crippen LogP contribution in [0.5, 0.6) is 11.5 Å². The second kappa shape index (κ2) is 6.35. The summed E-state index contributed by atoms with van der Waals surface area (Å²) in [7, 11) is 4.95. The van der Waals surface area contributed by atoms with Crippen LogP contribution in [0.2, 0.25) is 0 Å². The molecule has 5 heteroatoms. The van der Waals surface area contributed by atoms with E-state index in [0.717, 1.165) is 19.4 Å². The zero-order valence-electron chi connectivity index (χ0n) is 12.1.